The molecule has 2 rings (SSSR count). The number of hydrogen-bond donors (Lipinski definition) is 1. The van der Waals surface area contributed by atoms with Crippen molar-refractivity contribution in [2.45, 2.75) is 64.2 Å². The van der Waals surface area contributed by atoms with Gasteiger partial charge in [0, 0.05) is 38.8 Å². The molecule has 2 fully saturated rings. The van der Waals surface area contributed by atoms with Gasteiger partial charge in [-0.15, -0.1) is 0 Å². The first-order valence-electron chi connectivity index (χ1n) is 8.33. The summed E-state index contributed by atoms with van der Waals surface area (Å²) in [6.45, 7) is 7.12. The average molecular weight is 298 g/mol. The van der Waals surface area contributed by atoms with Gasteiger partial charge in [-0.2, -0.15) is 0 Å². The Labute approximate surface area is 128 Å². The summed E-state index contributed by atoms with van der Waals surface area (Å²) >= 11 is 0. The number of hydrogen-bond acceptors (Lipinski definition) is 4. The first-order valence-corrected chi connectivity index (χ1v) is 8.33. The van der Waals surface area contributed by atoms with Gasteiger partial charge in [0.15, 0.2) is 0 Å². The zero-order valence-corrected chi connectivity index (χ0v) is 13.4. The molecule has 3 atom stereocenters. The SMILES string of the molecule is CC(C)C(N)CC(=O)N(CC1CCCO1)CC1CCCO1. The number of carbonyl (C=O) groups excluding carboxylic acids is 1. The second kappa shape index (κ2) is 8.11. The van der Waals surface area contributed by atoms with Crippen molar-refractivity contribution in [3.05, 3.63) is 0 Å². The molecule has 0 aromatic carbocycles. The summed E-state index contributed by atoms with van der Waals surface area (Å²) in [5.74, 6) is 0.462. The Bertz CT molecular complexity index is 305. The van der Waals surface area contributed by atoms with Crippen molar-refractivity contribution in [3.63, 3.8) is 0 Å². The standard InChI is InChI=1S/C16H30N2O3/c1-12(2)15(17)9-16(19)18(10-13-5-3-7-20-13)11-14-6-4-8-21-14/h12-15H,3-11,17H2,1-2H3. The molecule has 2 aliphatic heterocycles. The highest BCUT2D eigenvalue weighted by Gasteiger charge is 2.27. The molecule has 0 radical (unpaired) electrons. The highest BCUT2D eigenvalue weighted by Crippen LogP contribution is 2.18. The summed E-state index contributed by atoms with van der Waals surface area (Å²) in [6.07, 6.45) is 5.07. The van der Waals surface area contributed by atoms with Crippen molar-refractivity contribution in [1.82, 2.24) is 4.90 Å². The van der Waals surface area contributed by atoms with Crippen LogP contribution in [0, 0.1) is 5.92 Å². The topological polar surface area (TPSA) is 64.8 Å². The highest BCUT2D eigenvalue weighted by molar-refractivity contribution is 5.77. The molecule has 0 bridgehead atoms. The maximum absolute atomic E-state index is 12.6. The molecule has 5 heteroatoms. The average Bonchev–Trinajstić information content (AvgIpc) is 3.10. The molecule has 21 heavy (non-hydrogen) atoms. The van der Waals surface area contributed by atoms with E-state index in [0.29, 0.717) is 25.4 Å². The van der Waals surface area contributed by atoms with Crippen LogP contribution in [-0.2, 0) is 14.3 Å². The van der Waals surface area contributed by atoms with E-state index in [1.54, 1.807) is 0 Å². The Morgan fingerprint density at radius 3 is 2.05 bits per heavy atom. The van der Waals surface area contributed by atoms with E-state index in [-0.39, 0.29) is 24.2 Å². The maximum atomic E-state index is 12.6. The Kier molecular flexibility index (Phi) is 6.45. The van der Waals surface area contributed by atoms with Crippen LogP contribution in [-0.4, -0.2) is 55.4 Å². The van der Waals surface area contributed by atoms with Crippen LogP contribution < -0.4 is 5.73 Å². The summed E-state index contributed by atoms with van der Waals surface area (Å²) in [7, 11) is 0. The summed E-state index contributed by atoms with van der Waals surface area (Å²) in [5, 5.41) is 0. The van der Waals surface area contributed by atoms with Crippen molar-refractivity contribution in [3.8, 4) is 0 Å². The fourth-order valence-corrected chi connectivity index (χ4v) is 2.91. The smallest absolute Gasteiger partial charge is 0.224 e. The van der Waals surface area contributed by atoms with E-state index in [0.717, 1.165) is 38.9 Å². The van der Waals surface area contributed by atoms with Gasteiger partial charge in [0.05, 0.1) is 12.2 Å². The molecule has 1 amide bonds. The lowest BCUT2D eigenvalue weighted by Gasteiger charge is -2.29. The fourth-order valence-electron chi connectivity index (χ4n) is 2.91. The molecule has 0 spiro atoms. The van der Waals surface area contributed by atoms with Crippen LogP contribution in [0.2, 0.25) is 0 Å². The molecule has 0 aromatic rings. The van der Waals surface area contributed by atoms with Gasteiger partial charge in [0.25, 0.3) is 0 Å². The summed E-state index contributed by atoms with van der Waals surface area (Å²) in [5.41, 5.74) is 6.06. The molecule has 122 valence electrons. The molecular formula is C16H30N2O3. The predicted octanol–water partition coefficient (Wildman–Crippen LogP) is 1.55. The van der Waals surface area contributed by atoms with E-state index < -0.39 is 0 Å². The van der Waals surface area contributed by atoms with Gasteiger partial charge in [-0.05, 0) is 31.6 Å². The van der Waals surface area contributed by atoms with E-state index in [1.165, 1.54) is 0 Å². The number of rotatable bonds is 7. The summed E-state index contributed by atoms with van der Waals surface area (Å²) < 4.78 is 11.4. The molecule has 2 saturated heterocycles. The van der Waals surface area contributed by atoms with E-state index in [1.807, 2.05) is 4.90 Å². The van der Waals surface area contributed by atoms with Crippen LogP contribution in [0.15, 0.2) is 0 Å². The van der Waals surface area contributed by atoms with Crippen LogP contribution in [0.4, 0.5) is 0 Å². The molecular weight excluding hydrogens is 268 g/mol. The number of nitrogens with zero attached hydrogens (tertiary/aromatic N) is 1. The molecule has 0 saturated carbocycles. The van der Waals surface area contributed by atoms with Crippen molar-refractivity contribution >= 4 is 5.91 Å². The third kappa shape index (κ3) is 5.24. The molecule has 3 unspecified atom stereocenters. The van der Waals surface area contributed by atoms with Crippen LogP contribution in [0.3, 0.4) is 0 Å². The lowest BCUT2D eigenvalue weighted by molar-refractivity contribution is -0.135. The monoisotopic (exact) mass is 298 g/mol. The van der Waals surface area contributed by atoms with Gasteiger partial charge < -0.3 is 20.1 Å². The maximum Gasteiger partial charge on any atom is 0.224 e. The molecule has 0 aliphatic carbocycles. The van der Waals surface area contributed by atoms with E-state index >= 15 is 0 Å². The minimum absolute atomic E-state index is 0.0750. The third-order valence-electron chi connectivity index (χ3n) is 4.52. The Morgan fingerprint density at radius 1 is 1.14 bits per heavy atom. The van der Waals surface area contributed by atoms with Gasteiger partial charge in [-0.1, -0.05) is 13.8 Å². The van der Waals surface area contributed by atoms with Crippen LogP contribution >= 0.6 is 0 Å². The lowest BCUT2D eigenvalue weighted by atomic mass is 10.0. The molecule has 2 heterocycles. The molecule has 0 aromatic heterocycles. The van der Waals surface area contributed by atoms with E-state index in [4.69, 9.17) is 15.2 Å². The van der Waals surface area contributed by atoms with Crippen molar-refractivity contribution in [1.29, 1.82) is 0 Å². The quantitative estimate of drug-likeness (QED) is 0.774. The van der Waals surface area contributed by atoms with Crippen molar-refractivity contribution in [2.24, 2.45) is 11.7 Å². The van der Waals surface area contributed by atoms with Gasteiger partial charge in [0.2, 0.25) is 5.91 Å². The zero-order valence-electron chi connectivity index (χ0n) is 13.4. The first kappa shape index (κ1) is 16.7. The van der Waals surface area contributed by atoms with Crippen molar-refractivity contribution in [2.75, 3.05) is 26.3 Å². The molecule has 2 N–H and O–H groups in total. The van der Waals surface area contributed by atoms with Gasteiger partial charge >= 0.3 is 0 Å². The van der Waals surface area contributed by atoms with Gasteiger partial charge in [-0.3, -0.25) is 4.79 Å². The van der Waals surface area contributed by atoms with Crippen molar-refractivity contribution < 1.29 is 14.3 Å². The number of amides is 1. The van der Waals surface area contributed by atoms with E-state index in [2.05, 4.69) is 13.8 Å². The van der Waals surface area contributed by atoms with Gasteiger partial charge in [0.1, 0.15) is 0 Å². The minimum atomic E-state index is -0.0750. The molecule has 2 aliphatic rings. The Hall–Kier alpha value is -0.650. The number of carbonyl (C=O) groups is 1. The summed E-state index contributed by atoms with van der Waals surface area (Å²) in [6, 6.07) is -0.0750. The predicted molar refractivity (Wildman–Crippen MR) is 82.0 cm³/mol. The summed E-state index contributed by atoms with van der Waals surface area (Å²) in [4.78, 5) is 14.5. The second-order valence-electron chi connectivity index (χ2n) is 6.68. The lowest BCUT2D eigenvalue weighted by Crippen LogP contribution is -2.44. The highest BCUT2D eigenvalue weighted by atomic mass is 16.5. The second-order valence-corrected chi connectivity index (χ2v) is 6.68. The molecule has 5 nitrogen and oxygen atoms in total. The normalized spacial score (nSPS) is 27.2. The van der Waals surface area contributed by atoms with Crippen LogP contribution in [0.25, 0.3) is 0 Å². The third-order valence-corrected chi connectivity index (χ3v) is 4.52. The fraction of sp³-hybridized carbons (Fsp3) is 0.938. The van der Waals surface area contributed by atoms with Gasteiger partial charge in [-0.25, -0.2) is 0 Å². The minimum Gasteiger partial charge on any atom is -0.376 e. The van der Waals surface area contributed by atoms with E-state index in [9.17, 15) is 4.79 Å². The Balaban J connectivity index is 1.90. The first-order chi connectivity index (χ1) is 10.1. The van der Waals surface area contributed by atoms with Crippen LogP contribution in [0.5, 0.6) is 0 Å². The Morgan fingerprint density at radius 2 is 1.67 bits per heavy atom. The van der Waals surface area contributed by atoms with Crippen LogP contribution in [0.1, 0.15) is 46.0 Å². The largest absolute Gasteiger partial charge is 0.376 e. The zero-order chi connectivity index (χ0) is 15.2. The number of ether oxygens (including phenoxy) is 2. The number of nitrogens with two attached hydrogens (primary N) is 1.